The van der Waals surface area contributed by atoms with Gasteiger partial charge in [-0.3, -0.25) is 4.98 Å². The fourth-order valence-electron chi connectivity index (χ4n) is 4.85. The number of nitrogens with one attached hydrogen (secondary N) is 1. The first-order chi connectivity index (χ1) is 18.6. The van der Waals surface area contributed by atoms with Crippen LogP contribution >= 0.6 is 12.2 Å². The standard InChI is InChI=1S/C31H25FN4OS/c1-21-10-14-25(15-11-21)37-26-16-12-23(13-17-26)36-30(29(34-31(36)38)27-8-2-3-18-33-27)28-9-5-19-35(28)24-7-4-6-22(32)20-24/h2-20,29-30H,1H3,(H,34,38)/t29-,30+/m1/s1. The summed E-state index contributed by atoms with van der Waals surface area (Å²) in [6.07, 6.45) is 3.72. The molecule has 0 saturated carbocycles. The first kappa shape index (κ1) is 23.9. The van der Waals surface area contributed by atoms with Gasteiger partial charge in [0.25, 0.3) is 0 Å². The molecule has 0 bridgehead atoms. The lowest BCUT2D eigenvalue weighted by atomic mass is 10.0. The highest BCUT2D eigenvalue weighted by atomic mass is 32.1. The zero-order valence-corrected chi connectivity index (χ0v) is 21.5. The van der Waals surface area contributed by atoms with Crippen molar-refractivity contribution in [1.29, 1.82) is 0 Å². The smallest absolute Gasteiger partial charge is 0.174 e. The van der Waals surface area contributed by atoms with Crippen LogP contribution in [0.15, 0.2) is 116 Å². The van der Waals surface area contributed by atoms with Crippen molar-refractivity contribution in [3.63, 3.8) is 0 Å². The molecule has 2 atom stereocenters. The number of aryl methyl sites for hydroxylation is 1. The quantitative estimate of drug-likeness (QED) is 0.238. The molecule has 0 unspecified atom stereocenters. The van der Waals surface area contributed by atoms with Crippen LogP contribution in [-0.4, -0.2) is 14.7 Å². The van der Waals surface area contributed by atoms with Crippen LogP contribution in [0.5, 0.6) is 11.5 Å². The second-order valence-corrected chi connectivity index (χ2v) is 9.58. The summed E-state index contributed by atoms with van der Waals surface area (Å²) < 4.78 is 22.2. The Hall–Kier alpha value is -4.49. The normalized spacial score (nSPS) is 16.9. The van der Waals surface area contributed by atoms with Gasteiger partial charge in [0.2, 0.25) is 0 Å². The lowest BCUT2D eigenvalue weighted by molar-refractivity contribution is 0.482. The zero-order valence-electron chi connectivity index (χ0n) is 20.7. The van der Waals surface area contributed by atoms with Crippen LogP contribution < -0.4 is 15.0 Å². The molecule has 188 valence electrons. The topological polar surface area (TPSA) is 42.3 Å². The Balaban J connectivity index is 1.39. The SMILES string of the molecule is Cc1ccc(Oc2ccc(N3C(=S)N[C@H](c4ccccn4)[C@@H]3c3cccn3-c3cccc(F)c3)cc2)cc1. The van der Waals surface area contributed by atoms with Crippen LogP contribution in [0.3, 0.4) is 0 Å². The van der Waals surface area contributed by atoms with E-state index < -0.39 is 0 Å². The van der Waals surface area contributed by atoms with Crippen LogP contribution in [0.1, 0.15) is 29.0 Å². The average molecular weight is 521 g/mol. The number of ether oxygens (including phenoxy) is 1. The van der Waals surface area contributed by atoms with Crippen molar-refractivity contribution in [3.05, 3.63) is 138 Å². The molecule has 3 aromatic carbocycles. The Bertz CT molecular complexity index is 1570. The minimum atomic E-state index is -0.287. The number of hydrogen-bond donors (Lipinski definition) is 1. The van der Waals surface area contributed by atoms with Crippen molar-refractivity contribution in [2.45, 2.75) is 19.0 Å². The van der Waals surface area contributed by atoms with Crippen molar-refractivity contribution < 1.29 is 9.13 Å². The van der Waals surface area contributed by atoms with Crippen molar-refractivity contribution in [2.24, 2.45) is 0 Å². The van der Waals surface area contributed by atoms with Gasteiger partial charge < -0.3 is 19.5 Å². The molecule has 1 N–H and O–H groups in total. The molecule has 0 radical (unpaired) electrons. The van der Waals surface area contributed by atoms with Gasteiger partial charge in [-0.15, -0.1) is 0 Å². The van der Waals surface area contributed by atoms with Crippen molar-refractivity contribution in [3.8, 4) is 17.2 Å². The van der Waals surface area contributed by atoms with Crippen LogP contribution in [0.25, 0.3) is 5.69 Å². The molecule has 1 saturated heterocycles. The van der Waals surface area contributed by atoms with E-state index in [0.717, 1.165) is 34.3 Å². The van der Waals surface area contributed by atoms with E-state index >= 15 is 0 Å². The molecule has 5 nitrogen and oxygen atoms in total. The molecule has 0 spiro atoms. The Labute approximate surface area is 226 Å². The first-order valence-corrected chi connectivity index (χ1v) is 12.8. The van der Waals surface area contributed by atoms with Gasteiger partial charge in [0.1, 0.15) is 23.4 Å². The monoisotopic (exact) mass is 520 g/mol. The second kappa shape index (κ2) is 10.1. The van der Waals surface area contributed by atoms with Crippen molar-refractivity contribution in [1.82, 2.24) is 14.9 Å². The summed E-state index contributed by atoms with van der Waals surface area (Å²) in [6, 6.07) is 31.8. The number of halogens is 1. The van der Waals surface area contributed by atoms with E-state index in [1.165, 1.54) is 17.7 Å². The van der Waals surface area contributed by atoms with Gasteiger partial charge in [-0.2, -0.15) is 0 Å². The summed E-state index contributed by atoms with van der Waals surface area (Å²) in [6.45, 7) is 2.05. The van der Waals surface area contributed by atoms with E-state index in [2.05, 4.69) is 15.2 Å². The highest BCUT2D eigenvalue weighted by molar-refractivity contribution is 7.80. The number of benzene rings is 3. The molecular formula is C31H25FN4OS. The predicted octanol–water partition coefficient (Wildman–Crippen LogP) is 7.29. The van der Waals surface area contributed by atoms with Gasteiger partial charge >= 0.3 is 0 Å². The van der Waals surface area contributed by atoms with Crippen molar-refractivity contribution in [2.75, 3.05) is 4.90 Å². The highest BCUT2D eigenvalue weighted by Gasteiger charge is 2.42. The third-order valence-corrected chi connectivity index (χ3v) is 6.95. The fourth-order valence-corrected chi connectivity index (χ4v) is 5.19. The number of rotatable bonds is 6. The first-order valence-electron chi connectivity index (χ1n) is 12.4. The summed E-state index contributed by atoms with van der Waals surface area (Å²) in [5, 5.41) is 4.07. The molecule has 6 rings (SSSR count). The van der Waals surface area contributed by atoms with E-state index in [1.807, 2.05) is 103 Å². The van der Waals surface area contributed by atoms with E-state index in [0.29, 0.717) is 5.11 Å². The number of pyridine rings is 1. The Morgan fingerprint density at radius 2 is 1.61 bits per heavy atom. The Kier molecular flexibility index (Phi) is 6.35. The van der Waals surface area contributed by atoms with Gasteiger partial charge in [0.05, 0.1) is 11.7 Å². The molecular weight excluding hydrogens is 495 g/mol. The highest BCUT2D eigenvalue weighted by Crippen LogP contribution is 2.42. The maximum atomic E-state index is 14.1. The lowest BCUT2D eigenvalue weighted by Crippen LogP contribution is -2.30. The summed E-state index contributed by atoms with van der Waals surface area (Å²) in [7, 11) is 0. The zero-order chi connectivity index (χ0) is 26.1. The number of aromatic nitrogens is 2. The Morgan fingerprint density at radius 1 is 0.842 bits per heavy atom. The maximum Gasteiger partial charge on any atom is 0.174 e. The minimum Gasteiger partial charge on any atom is -0.457 e. The summed E-state index contributed by atoms with van der Waals surface area (Å²) in [4.78, 5) is 6.72. The van der Waals surface area contributed by atoms with Gasteiger partial charge in [-0.1, -0.05) is 29.8 Å². The number of hydrogen-bond acceptors (Lipinski definition) is 3. The second-order valence-electron chi connectivity index (χ2n) is 9.19. The lowest BCUT2D eigenvalue weighted by Gasteiger charge is -2.29. The molecule has 1 fully saturated rings. The van der Waals surface area contributed by atoms with E-state index in [9.17, 15) is 4.39 Å². The number of thiocarbonyl (C=S) groups is 1. The van der Waals surface area contributed by atoms with Gasteiger partial charge in [-0.25, -0.2) is 4.39 Å². The fraction of sp³-hybridized carbons (Fsp3) is 0.0968. The molecule has 1 aliphatic rings. The third-order valence-electron chi connectivity index (χ3n) is 6.64. The largest absolute Gasteiger partial charge is 0.457 e. The molecule has 38 heavy (non-hydrogen) atoms. The van der Waals surface area contributed by atoms with Crippen LogP contribution in [0.4, 0.5) is 10.1 Å². The molecule has 0 amide bonds. The molecule has 1 aliphatic heterocycles. The summed E-state index contributed by atoms with van der Waals surface area (Å²) in [5.41, 5.74) is 4.66. The van der Waals surface area contributed by atoms with Gasteiger partial charge in [-0.05, 0) is 98.0 Å². The average Bonchev–Trinajstić information content (AvgIpc) is 3.55. The van der Waals surface area contributed by atoms with Crippen LogP contribution in [0.2, 0.25) is 0 Å². The molecule has 7 heteroatoms. The van der Waals surface area contributed by atoms with Crippen LogP contribution in [0, 0.1) is 12.7 Å². The minimum absolute atomic E-state index is 0.214. The van der Waals surface area contributed by atoms with Crippen molar-refractivity contribution >= 4 is 23.0 Å². The van der Waals surface area contributed by atoms with Gasteiger partial charge in [0, 0.05) is 29.5 Å². The maximum absolute atomic E-state index is 14.1. The summed E-state index contributed by atoms with van der Waals surface area (Å²) >= 11 is 5.87. The number of nitrogens with zero attached hydrogens (tertiary/aromatic N) is 3. The predicted molar refractivity (Wildman–Crippen MR) is 151 cm³/mol. The molecule has 3 heterocycles. The molecule has 5 aromatic rings. The molecule has 0 aliphatic carbocycles. The van der Waals surface area contributed by atoms with E-state index in [-0.39, 0.29) is 17.9 Å². The third kappa shape index (κ3) is 4.64. The number of anilines is 1. The summed E-state index contributed by atoms with van der Waals surface area (Å²) in [5.74, 6) is 1.23. The van der Waals surface area contributed by atoms with Crippen LogP contribution in [-0.2, 0) is 0 Å². The molecule has 2 aromatic heterocycles. The Morgan fingerprint density at radius 3 is 2.32 bits per heavy atom. The van der Waals surface area contributed by atoms with E-state index in [4.69, 9.17) is 17.0 Å². The van der Waals surface area contributed by atoms with Gasteiger partial charge in [0.15, 0.2) is 5.11 Å². The van der Waals surface area contributed by atoms with E-state index in [1.54, 1.807) is 12.3 Å².